The number of nitrogens with one attached hydrogen (secondary N) is 1. The summed E-state index contributed by atoms with van der Waals surface area (Å²) < 4.78 is 19.3. The summed E-state index contributed by atoms with van der Waals surface area (Å²) >= 11 is 0. The summed E-state index contributed by atoms with van der Waals surface area (Å²) in [6.07, 6.45) is 4.01. The molecule has 2 aromatic carbocycles. The van der Waals surface area contributed by atoms with E-state index in [0.29, 0.717) is 37.4 Å². The first kappa shape index (κ1) is 23.3. The molecule has 0 aliphatic rings. The van der Waals surface area contributed by atoms with Gasteiger partial charge >= 0.3 is 0 Å². The number of ether oxygens (including phenoxy) is 1. The first-order chi connectivity index (χ1) is 16.5. The molecule has 0 saturated heterocycles. The second kappa shape index (κ2) is 10.9. The van der Waals surface area contributed by atoms with Crippen molar-refractivity contribution in [2.75, 3.05) is 27.2 Å². The number of hydrogen-bond acceptors (Lipinski definition) is 5. The van der Waals surface area contributed by atoms with Crippen molar-refractivity contribution in [2.45, 2.75) is 13.0 Å². The van der Waals surface area contributed by atoms with E-state index in [-0.39, 0.29) is 17.4 Å². The summed E-state index contributed by atoms with van der Waals surface area (Å²) in [5.41, 5.74) is 3.70. The Bertz CT molecular complexity index is 1260. The van der Waals surface area contributed by atoms with Gasteiger partial charge in [0.25, 0.3) is 5.91 Å². The van der Waals surface area contributed by atoms with Crippen LogP contribution >= 0.6 is 0 Å². The molecule has 4 rings (SSSR count). The van der Waals surface area contributed by atoms with Gasteiger partial charge in [0.15, 0.2) is 11.4 Å². The van der Waals surface area contributed by atoms with E-state index < -0.39 is 0 Å². The minimum absolute atomic E-state index is 0.209. The standard InChI is InChI=1S/C27H27FN4O2/c1-32(2)13-12-29-27(33)25-26(34-18-20-6-4-3-5-7-20)24-22(17-31-25)15-21(16-30-24)14-19-8-10-23(28)11-9-19/h3-11,15-17H,12-14,18H2,1-2H3,(H,29,33). The van der Waals surface area contributed by atoms with Gasteiger partial charge in [-0.1, -0.05) is 42.5 Å². The molecule has 0 saturated carbocycles. The normalized spacial score (nSPS) is 11.1. The molecule has 0 unspecified atom stereocenters. The average molecular weight is 459 g/mol. The molecule has 0 radical (unpaired) electrons. The molecule has 1 amide bonds. The molecule has 0 fully saturated rings. The summed E-state index contributed by atoms with van der Waals surface area (Å²) in [7, 11) is 3.89. The van der Waals surface area contributed by atoms with Gasteiger partial charge in [0.1, 0.15) is 17.9 Å². The van der Waals surface area contributed by atoms with Gasteiger partial charge in [-0.05, 0) is 55.4 Å². The summed E-state index contributed by atoms with van der Waals surface area (Å²) in [5.74, 6) is -0.206. The molecule has 0 aliphatic carbocycles. The Kier molecular flexibility index (Phi) is 7.44. The largest absolute Gasteiger partial charge is 0.484 e. The minimum atomic E-state index is -0.302. The van der Waals surface area contributed by atoms with Crippen LogP contribution in [0.3, 0.4) is 0 Å². The number of rotatable bonds is 9. The first-order valence-electron chi connectivity index (χ1n) is 11.1. The van der Waals surface area contributed by atoms with Crippen LogP contribution in [-0.4, -0.2) is 48.0 Å². The van der Waals surface area contributed by atoms with Crippen LogP contribution in [0.1, 0.15) is 27.2 Å². The average Bonchev–Trinajstić information content (AvgIpc) is 2.84. The van der Waals surface area contributed by atoms with Crippen molar-refractivity contribution in [1.29, 1.82) is 0 Å². The molecule has 4 aromatic rings. The summed E-state index contributed by atoms with van der Waals surface area (Å²) in [6.45, 7) is 1.50. The SMILES string of the molecule is CN(C)CCNC(=O)c1ncc2cc(Cc3ccc(F)cc3)cnc2c1OCc1ccccc1. The van der Waals surface area contributed by atoms with Crippen LogP contribution in [0, 0.1) is 5.82 Å². The third-order valence-electron chi connectivity index (χ3n) is 5.34. The Balaban J connectivity index is 1.64. The Morgan fingerprint density at radius 1 is 0.971 bits per heavy atom. The molecule has 0 aliphatic heterocycles. The van der Waals surface area contributed by atoms with Crippen molar-refractivity contribution in [2.24, 2.45) is 0 Å². The van der Waals surface area contributed by atoms with Crippen molar-refractivity contribution >= 4 is 16.8 Å². The highest BCUT2D eigenvalue weighted by Gasteiger charge is 2.19. The second-order valence-corrected chi connectivity index (χ2v) is 8.35. The van der Waals surface area contributed by atoms with Crippen molar-refractivity contribution in [1.82, 2.24) is 20.2 Å². The smallest absolute Gasteiger partial charge is 0.273 e. The molecule has 7 heteroatoms. The Morgan fingerprint density at radius 2 is 1.74 bits per heavy atom. The highest BCUT2D eigenvalue weighted by atomic mass is 19.1. The summed E-state index contributed by atoms with van der Waals surface area (Å²) in [6, 6.07) is 18.1. The fraction of sp³-hybridized carbons (Fsp3) is 0.222. The van der Waals surface area contributed by atoms with E-state index in [0.717, 1.165) is 22.1 Å². The number of fused-ring (bicyclic) bond motifs is 1. The molecule has 2 heterocycles. The molecule has 0 atom stereocenters. The van der Waals surface area contributed by atoms with Crippen molar-refractivity contribution < 1.29 is 13.9 Å². The number of pyridine rings is 2. The monoisotopic (exact) mass is 458 g/mol. The van der Waals surface area contributed by atoms with E-state index in [1.54, 1.807) is 24.5 Å². The van der Waals surface area contributed by atoms with Crippen LogP contribution in [0.5, 0.6) is 5.75 Å². The van der Waals surface area contributed by atoms with Gasteiger partial charge in [-0.3, -0.25) is 9.78 Å². The number of carbonyl (C=O) groups is 1. The lowest BCUT2D eigenvalue weighted by atomic mass is 10.0. The van der Waals surface area contributed by atoms with Crippen molar-refractivity contribution in [3.05, 3.63) is 101 Å². The minimum Gasteiger partial charge on any atom is -0.484 e. The van der Waals surface area contributed by atoms with Crippen LogP contribution in [0.4, 0.5) is 4.39 Å². The van der Waals surface area contributed by atoms with E-state index in [1.807, 2.05) is 55.4 Å². The molecule has 6 nitrogen and oxygen atoms in total. The second-order valence-electron chi connectivity index (χ2n) is 8.35. The zero-order valence-corrected chi connectivity index (χ0v) is 19.3. The van der Waals surface area contributed by atoms with E-state index in [1.165, 1.54) is 12.1 Å². The predicted molar refractivity (Wildman–Crippen MR) is 130 cm³/mol. The zero-order valence-electron chi connectivity index (χ0n) is 19.3. The zero-order chi connectivity index (χ0) is 23.9. The van der Waals surface area contributed by atoms with Gasteiger partial charge in [0, 0.05) is 30.9 Å². The quantitative estimate of drug-likeness (QED) is 0.407. The molecule has 1 N–H and O–H groups in total. The van der Waals surface area contributed by atoms with E-state index >= 15 is 0 Å². The number of nitrogens with zero attached hydrogens (tertiary/aromatic N) is 3. The summed E-state index contributed by atoms with van der Waals surface area (Å²) in [4.78, 5) is 24.0. The van der Waals surface area contributed by atoms with E-state index in [4.69, 9.17) is 4.74 Å². The van der Waals surface area contributed by atoms with Crippen molar-refractivity contribution in [3.8, 4) is 5.75 Å². The number of likely N-dealkylation sites (N-methyl/N-ethyl adjacent to an activating group) is 1. The molecule has 0 spiro atoms. The maximum absolute atomic E-state index is 13.2. The van der Waals surface area contributed by atoms with Crippen LogP contribution < -0.4 is 10.1 Å². The van der Waals surface area contributed by atoms with E-state index in [9.17, 15) is 9.18 Å². The highest BCUT2D eigenvalue weighted by Crippen LogP contribution is 2.28. The topological polar surface area (TPSA) is 67.4 Å². The summed E-state index contributed by atoms with van der Waals surface area (Å²) in [5, 5.41) is 3.67. The Labute approximate surface area is 198 Å². The molecular formula is C27H27FN4O2. The van der Waals surface area contributed by atoms with Gasteiger partial charge < -0.3 is 15.0 Å². The number of aromatic nitrogens is 2. The highest BCUT2D eigenvalue weighted by molar-refractivity contribution is 6.00. The first-order valence-corrected chi connectivity index (χ1v) is 11.1. The fourth-order valence-corrected chi connectivity index (χ4v) is 3.56. The third-order valence-corrected chi connectivity index (χ3v) is 5.34. The number of benzene rings is 2. The lowest BCUT2D eigenvalue weighted by Gasteiger charge is -2.15. The molecule has 174 valence electrons. The molecule has 2 aromatic heterocycles. The van der Waals surface area contributed by atoms with Gasteiger partial charge in [0.2, 0.25) is 0 Å². The van der Waals surface area contributed by atoms with Crippen molar-refractivity contribution in [3.63, 3.8) is 0 Å². The lowest BCUT2D eigenvalue weighted by Crippen LogP contribution is -2.32. The van der Waals surface area contributed by atoms with E-state index in [2.05, 4.69) is 15.3 Å². The maximum Gasteiger partial charge on any atom is 0.273 e. The van der Waals surface area contributed by atoms with Gasteiger partial charge in [0.05, 0.1) is 0 Å². The fourth-order valence-electron chi connectivity index (χ4n) is 3.56. The Hall–Kier alpha value is -3.84. The molecular weight excluding hydrogens is 431 g/mol. The number of halogens is 1. The Morgan fingerprint density at radius 3 is 2.47 bits per heavy atom. The number of amides is 1. The van der Waals surface area contributed by atoms with Gasteiger partial charge in [-0.25, -0.2) is 9.37 Å². The number of carbonyl (C=O) groups excluding carboxylic acids is 1. The van der Waals surface area contributed by atoms with Gasteiger partial charge in [-0.15, -0.1) is 0 Å². The molecule has 34 heavy (non-hydrogen) atoms. The lowest BCUT2D eigenvalue weighted by molar-refractivity contribution is 0.0941. The van der Waals surface area contributed by atoms with Crippen LogP contribution in [0.15, 0.2) is 73.1 Å². The van der Waals surface area contributed by atoms with Crippen LogP contribution in [-0.2, 0) is 13.0 Å². The van der Waals surface area contributed by atoms with Crippen LogP contribution in [0.25, 0.3) is 10.9 Å². The predicted octanol–water partition coefficient (Wildman–Crippen LogP) is 4.23. The molecule has 0 bridgehead atoms. The number of hydrogen-bond donors (Lipinski definition) is 1. The maximum atomic E-state index is 13.2. The van der Waals surface area contributed by atoms with Crippen LogP contribution in [0.2, 0.25) is 0 Å². The van der Waals surface area contributed by atoms with Gasteiger partial charge in [-0.2, -0.15) is 0 Å². The third kappa shape index (κ3) is 5.94.